The summed E-state index contributed by atoms with van der Waals surface area (Å²) in [7, 11) is 0. The van der Waals surface area contributed by atoms with Crippen LogP contribution < -0.4 is 0 Å². The van der Waals surface area contributed by atoms with Crippen LogP contribution in [0, 0.1) is 5.92 Å². The summed E-state index contributed by atoms with van der Waals surface area (Å²) in [6.45, 7) is 13.0. The van der Waals surface area contributed by atoms with E-state index < -0.39 is 29.6 Å². The summed E-state index contributed by atoms with van der Waals surface area (Å²) in [5, 5.41) is 0. The maximum atomic E-state index is 12.3. The normalized spacial score (nSPS) is 14.7. The second-order valence-electron chi connectivity index (χ2n) is 7.69. The predicted molar refractivity (Wildman–Crippen MR) is 105 cm³/mol. The van der Waals surface area contributed by atoms with Gasteiger partial charge in [0, 0.05) is 0 Å². The molecule has 0 aliphatic carbocycles. The molecule has 0 aromatic heterocycles. The number of hydrogen-bond donors (Lipinski definition) is 0. The van der Waals surface area contributed by atoms with E-state index >= 15 is 0 Å². The summed E-state index contributed by atoms with van der Waals surface area (Å²) in [5.41, 5.74) is 0.470. The topological polar surface area (TPSA) is 61.8 Å². The Morgan fingerprint density at radius 2 is 1.78 bits per heavy atom. The Kier molecular flexibility index (Phi) is 9.22. The zero-order valence-corrected chi connectivity index (χ0v) is 17.1. The number of carbonyl (C=O) groups excluding carboxylic acids is 2. The van der Waals surface area contributed by atoms with Gasteiger partial charge in [0.2, 0.25) is 0 Å². The van der Waals surface area contributed by atoms with Crippen molar-refractivity contribution >= 4 is 11.9 Å². The third-order valence-corrected chi connectivity index (χ3v) is 3.83. The van der Waals surface area contributed by atoms with Crippen LogP contribution in [-0.2, 0) is 30.4 Å². The van der Waals surface area contributed by atoms with Crippen LogP contribution in [0.2, 0.25) is 0 Å². The molecule has 1 aromatic carbocycles. The van der Waals surface area contributed by atoms with Crippen LogP contribution in [0.25, 0.3) is 0 Å². The summed E-state index contributed by atoms with van der Waals surface area (Å²) in [6, 6.07) is 9.79. The van der Waals surface area contributed by atoms with Crippen molar-refractivity contribution < 1.29 is 23.8 Å². The standard InChI is InChI=1S/C22H32O5/c1-7-11-19(25-15-18-12-9-8-10-13-18)17(3)26-21(24)16(2)14-20(23)27-22(4,5)6/h7-10,12-13,16-17,19H,1,11,14-15H2,2-6H3/t16-,17+,19?/m1/s1. The molecule has 1 unspecified atom stereocenters. The van der Waals surface area contributed by atoms with E-state index in [0.29, 0.717) is 13.0 Å². The lowest BCUT2D eigenvalue weighted by Gasteiger charge is -2.25. The molecule has 5 heteroatoms. The fourth-order valence-electron chi connectivity index (χ4n) is 2.43. The Morgan fingerprint density at radius 1 is 1.15 bits per heavy atom. The maximum Gasteiger partial charge on any atom is 0.309 e. The van der Waals surface area contributed by atoms with Crippen LogP contribution in [0.15, 0.2) is 43.0 Å². The van der Waals surface area contributed by atoms with Crippen LogP contribution in [0.1, 0.15) is 53.0 Å². The average molecular weight is 376 g/mol. The molecule has 0 fully saturated rings. The number of ether oxygens (including phenoxy) is 3. The van der Waals surface area contributed by atoms with Gasteiger partial charge in [-0.1, -0.05) is 43.3 Å². The summed E-state index contributed by atoms with van der Waals surface area (Å²) in [6.07, 6.45) is 1.52. The molecule has 0 bridgehead atoms. The zero-order valence-electron chi connectivity index (χ0n) is 17.1. The van der Waals surface area contributed by atoms with E-state index in [0.717, 1.165) is 5.56 Å². The molecule has 5 nitrogen and oxygen atoms in total. The summed E-state index contributed by atoms with van der Waals surface area (Å²) >= 11 is 0. The molecule has 0 aliphatic heterocycles. The van der Waals surface area contributed by atoms with Crippen LogP contribution in [0.4, 0.5) is 0 Å². The van der Waals surface area contributed by atoms with Gasteiger partial charge in [-0.3, -0.25) is 9.59 Å². The Morgan fingerprint density at radius 3 is 2.33 bits per heavy atom. The van der Waals surface area contributed by atoms with Crippen LogP contribution in [0.5, 0.6) is 0 Å². The lowest BCUT2D eigenvalue weighted by atomic mass is 10.1. The lowest BCUT2D eigenvalue weighted by molar-refractivity contribution is -0.167. The zero-order chi connectivity index (χ0) is 20.4. The largest absolute Gasteiger partial charge is 0.460 e. The van der Waals surface area contributed by atoms with Crippen molar-refractivity contribution in [3.63, 3.8) is 0 Å². The van der Waals surface area contributed by atoms with Gasteiger partial charge in [-0.2, -0.15) is 0 Å². The first kappa shape index (κ1) is 22.9. The van der Waals surface area contributed by atoms with E-state index in [2.05, 4.69) is 6.58 Å². The van der Waals surface area contributed by atoms with Gasteiger partial charge in [-0.05, 0) is 39.7 Å². The molecule has 0 heterocycles. The molecule has 0 amide bonds. The first-order chi connectivity index (χ1) is 12.6. The van der Waals surface area contributed by atoms with Gasteiger partial charge in [0.1, 0.15) is 11.7 Å². The predicted octanol–water partition coefficient (Wildman–Crippen LogP) is 4.45. The highest BCUT2D eigenvalue weighted by Gasteiger charge is 2.27. The van der Waals surface area contributed by atoms with E-state index in [-0.39, 0.29) is 12.5 Å². The molecular formula is C22H32O5. The highest BCUT2D eigenvalue weighted by molar-refractivity contribution is 5.79. The van der Waals surface area contributed by atoms with Crippen molar-refractivity contribution in [1.29, 1.82) is 0 Å². The van der Waals surface area contributed by atoms with E-state index in [1.165, 1.54) is 0 Å². The third-order valence-electron chi connectivity index (χ3n) is 3.83. The molecule has 0 spiro atoms. The lowest BCUT2D eigenvalue weighted by Crippen LogP contribution is -2.33. The molecule has 0 radical (unpaired) electrons. The fraction of sp³-hybridized carbons (Fsp3) is 0.545. The van der Waals surface area contributed by atoms with Crippen LogP contribution in [0.3, 0.4) is 0 Å². The van der Waals surface area contributed by atoms with Gasteiger partial charge in [-0.15, -0.1) is 6.58 Å². The maximum absolute atomic E-state index is 12.3. The highest BCUT2D eigenvalue weighted by Crippen LogP contribution is 2.17. The van der Waals surface area contributed by atoms with Gasteiger partial charge in [-0.25, -0.2) is 0 Å². The number of benzene rings is 1. The molecule has 150 valence electrons. The van der Waals surface area contributed by atoms with Crippen LogP contribution >= 0.6 is 0 Å². The van der Waals surface area contributed by atoms with Crippen molar-refractivity contribution in [2.45, 2.75) is 71.9 Å². The third kappa shape index (κ3) is 9.38. The first-order valence-electron chi connectivity index (χ1n) is 9.31. The summed E-state index contributed by atoms with van der Waals surface area (Å²) < 4.78 is 16.7. The van der Waals surface area contributed by atoms with Gasteiger partial charge in [0.05, 0.1) is 25.0 Å². The van der Waals surface area contributed by atoms with E-state index in [1.54, 1.807) is 40.7 Å². The molecular weight excluding hydrogens is 344 g/mol. The minimum absolute atomic E-state index is 0.0141. The van der Waals surface area contributed by atoms with Crippen LogP contribution in [-0.4, -0.2) is 29.7 Å². The molecule has 0 saturated heterocycles. The van der Waals surface area contributed by atoms with Crippen molar-refractivity contribution in [3.05, 3.63) is 48.6 Å². The second kappa shape index (κ2) is 10.9. The van der Waals surface area contributed by atoms with Crippen molar-refractivity contribution in [2.24, 2.45) is 5.92 Å². The molecule has 1 aromatic rings. The number of rotatable bonds is 10. The average Bonchev–Trinajstić information content (AvgIpc) is 2.57. The molecule has 27 heavy (non-hydrogen) atoms. The molecule has 1 rings (SSSR count). The van der Waals surface area contributed by atoms with Gasteiger partial charge in [0.25, 0.3) is 0 Å². The molecule has 0 saturated carbocycles. The SMILES string of the molecule is C=CCC(OCc1ccccc1)[C@H](C)OC(=O)[C@H](C)CC(=O)OC(C)(C)C. The molecule has 0 N–H and O–H groups in total. The van der Waals surface area contributed by atoms with Gasteiger partial charge >= 0.3 is 11.9 Å². The number of hydrogen-bond acceptors (Lipinski definition) is 5. The Balaban J connectivity index is 2.55. The van der Waals surface area contributed by atoms with E-state index in [9.17, 15) is 9.59 Å². The monoisotopic (exact) mass is 376 g/mol. The Bertz CT molecular complexity index is 603. The number of carbonyl (C=O) groups is 2. The quantitative estimate of drug-likeness (QED) is 0.446. The minimum Gasteiger partial charge on any atom is -0.460 e. The van der Waals surface area contributed by atoms with Gasteiger partial charge < -0.3 is 14.2 Å². The van der Waals surface area contributed by atoms with Crippen molar-refractivity contribution in [1.82, 2.24) is 0 Å². The molecule has 3 atom stereocenters. The summed E-state index contributed by atoms with van der Waals surface area (Å²) in [5.74, 6) is -1.44. The molecule has 0 aliphatic rings. The van der Waals surface area contributed by atoms with E-state index in [1.807, 2.05) is 30.3 Å². The van der Waals surface area contributed by atoms with E-state index in [4.69, 9.17) is 14.2 Å². The highest BCUT2D eigenvalue weighted by atomic mass is 16.6. The second-order valence-corrected chi connectivity index (χ2v) is 7.69. The minimum atomic E-state index is -0.583. The number of esters is 2. The first-order valence-corrected chi connectivity index (χ1v) is 9.31. The smallest absolute Gasteiger partial charge is 0.309 e. The summed E-state index contributed by atoms with van der Waals surface area (Å²) in [4.78, 5) is 24.2. The Labute approximate surface area is 162 Å². The van der Waals surface area contributed by atoms with Crippen molar-refractivity contribution in [2.75, 3.05) is 0 Å². The van der Waals surface area contributed by atoms with Gasteiger partial charge in [0.15, 0.2) is 0 Å². The van der Waals surface area contributed by atoms with Crippen molar-refractivity contribution in [3.8, 4) is 0 Å². The fourth-order valence-corrected chi connectivity index (χ4v) is 2.43. The Hall–Kier alpha value is -2.14.